The molecule has 7 nitrogen and oxygen atoms in total. The van der Waals surface area contributed by atoms with Gasteiger partial charge in [-0.05, 0) is 30.7 Å². The predicted molar refractivity (Wildman–Crippen MR) is 94.4 cm³/mol. The number of esters is 1. The van der Waals surface area contributed by atoms with Crippen molar-refractivity contribution in [2.45, 2.75) is 20.0 Å². The summed E-state index contributed by atoms with van der Waals surface area (Å²) in [5.74, 6) is -0.578. The number of methoxy groups -OCH3 is 1. The van der Waals surface area contributed by atoms with E-state index in [2.05, 4.69) is 21.9 Å². The molecule has 7 heteroatoms. The van der Waals surface area contributed by atoms with Crippen molar-refractivity contribution in [3.63, 3.8) is 0 Å². The van der Waals surface area contributed by atoms with E-state index in [0.717, 1.165) is 0 Å². The van der Waals surface area contributed by atoms with Gasteiger partial charge >= 0.3 is 5.97 Å². The highest BCUT2D eigenvalue weighted by atomic mass is 16.5. The molecule has 0 aliphatic rings. The molecular formula is C19H20N2O5. The maximum Gasteiger partial charge on any atom is 0.373 e. The molecular weight excluding hydrogens is 336 g/mol. The van der Waals surface area contributed by atoms with Gasteiger partial charge in [0.1, 0.15) is 5.76 Å². The molecule has 2 N–H and O–H groups in total. The largest absolute Gasteiger partial charge is 0.463 e. The first-order valence-electron chi connectivity index (χ1n) is 7.90. The molecule has 1 aromatic heterocycles. The van der Waals surface area contributed by atoms with Gasteiger partial charge in [-0.1, -0.05) is 24.8 Å². The van der Waals surface area contributed by atoms with Crippen LogP contribution in [-0.2, 0) is 22.6 Å². The number of furan rings is 1. The summed E-state index contributed by atoms with van der Waals surface area (Å²) in [7, 11) is 1.27. The molecule has 26 heavy (non-hydrogen) atoms. The number of rotatable bonds is 7. The minimum atomic E-state index is -0.575. The Bertz CT molecular complexity index is 838. The number of aryl methyl sites for hydroxylation is 1. The van der Waals surface area contributed by atoms with E-state index in [-0.39, 0.29) is 30.7 Å². The minimum absolute atomic E-state index is 0.0850. The summed E-state index contributed by atoms with van der Waals surface area (Å²) in [5, 5.41) is 5.43. The second-order valence-corrected chi connectivity index (χ2v) is 5.45. The van der Waals surface area contributed by atoms with Crippen molar-refractivity contribution in [3.05, 3.63) is 71.2 Å². The molecule has 2 amide bonds. The first kappa shape index (κ1) is 19.0. The summed E-state index contributed by atoms with van der Waals surface area (Å²) >= 11 is 0. The van der Waals surface area contributed by atoms with Crippen LogP contribution in [0.5, 0.6) is 0 Å². The van der Waals surface area contributed by atoms with Crippen LogP contribution in [-0.4, -0.2) is 24.9 Å². The lowest BCUT2D eigenvalue weighted by Gasteiger charge is -2.10. The lowest BCUT2D eigenvalue weighted by molar-refractivity contribution is -0.116. The number of hydrogen-bond donors (Lipinski definition) is 2. The number of carbonyl (C=O) groups is 3. The van der Waals surface area contributed by atoms with Crippen LogP contribution in [0.3, 0.4) is 0 Å². The monoisotopic (exact) mass is 356 g/mol. The smallest absolute Gasteiger partial charge is 0.373 e. The van der Waals surface area contributed by atoms with Crippen LogP contribution >= 0.6 is 0 Å². The third-order valence-corrected chi connectivity index (χ3v) is 3.75. The average Bonchev–Trinajstić information content (AvgIpc) is 3.04. The fourth-order valence-corrected chi connectivity index (χ4v) is 2.32. The fourth-order valence-electron chi connectivity index (χ4n) is 2.32. The van der Waals surface area contributed by atoms with E-state index in [1.54, 1.807) is 31.2 Å². The number of carbonyl (C=O) groups excluding carboxylic acids is 3. The molecule has 0 aliphatic carbocycles. The van der Waals surface area contributed by atoms with Gasteiger partial charge < -0.3 is 19.8 Å². The summed E-state index contributed by atoms with van der Waals surface area (Å²) in [6.07, 6.45) is 1.17. The van der Waals surface area contributed by atoms with Crippen molar-refractivity contribution in [1.29, 1.82) is 0 Å². The summed E-state index contributed by atoms with van der Waals surface area (Å²) in [5.41, 5.74) is 1.81. The predicted octanol–water partition coefficient (Wildman–Crippen LogP) is 2.11. The van der Waals surface area contributed by atoms with E-state index < -0.39 is 5.97 Å². The average molecular weight is 356 g/mol. The summed E-state index contributed by atoms with van der Waals surface area (Å²) in [4.78, 5) is 35.3. The quantitative estimate of drug-likeness (QED) is 0.585. The van der Waals surface area contributed by atoms with Crippen molar-refractivity contribution in [2.24, 2.45) is 0 Å². The van der Waals surface area contributed by atoms with E-state index >= 15 is 0 Å². The first-order valence-corrected chi connectivity index (χ1v) is 7.90. The number of benzene rings is 1. The lowest BCUT2D eigenvalue weighted by atomic mass is 10.1. The molecule has 0 saturated heterocycles. The third-order valence-electron chi connectivity index (χ3n) is 3.75. The molecule has 1 aromatic carbocycles. The van der Waals surface area contributed by atoms with Gasteiger partial charge in [-0.25, -0.2) is 4.79 Å². The van der Waals surface area contributed by atoms with Crippen LogP contribution < -0.4 is 10.6 Å². The van der Waals surface area contributed by atoms with Crippen molar-refractivity contribution in [1.82, 2.24) is 10.6 Å². The highest BCUT2D eigenvalue weighted by Gasteiger charge is 2.16. The van der Waals surface area contributed by atoms with Crippen molar-refractivity contribution < 1.29 is 23.5 Å². The van der Waals surface area contributed by atoms with Crippen LogP contribution in [0.4, 0.5) is 0 Å². The topological polar surface area (TPSA) is 97.6 Å². The molecule has 2 aromatic rings. The van der Waals surface area contributed by atoms with Crippen molar-refractivity contribution in [3.8, 4) is 0 Å². The zero-order valence-corrected chi connectivity index (χ0v) is 14.6. The zero-order chi connectivity index (χ0) is 19.1. The Morgan fingerprint density at radius 3 is 2.54 bits per heavy atom. The third kappa shape index (κ3) is 4.60. The van der Waals surface area contributed by atoms with Crippen LogP contribution in [0.25, 0.3) is 0 Å². The van der Waals surface area contributed by atoms with Gasteiger partial charge in [-0.15, -0.1) is 0 Å². The van der Waals surface area contributed by atoms with Gasteiger partial charge in [-0.3, -0.25) is 9.59 Å². The number of ether oxygens (including phenoxy) is 1. The van der Waals surface area contributed by atoms with E-state index in [0.29, 0.717) is 22.5 Å². The van der Waals surface area contributed by atoms with Gasteiger partial charge in [0.2, 0.25) is 11.7 Å². The van der Waals surface area contributed by atoms with Gasteiger partial charge in [0.15, 0.2) is 0 Å². The molecule has 0 radical (unpaired) electrons. The second kappa shape index (κ2) is 8.66. The number of nitrogens with one attached hydrogen (secondary N) is 2. The first-order chi connectivity index (χ1) is 12.5. The molecule has 0 aliphatic heterocycles. The Balaban J connectivity index is 2.06. The van der Waals surface area contributed by atoms with Crippen LogP contribution in [0.15, 0.2) is 47.4 Å². The summed E-state index contributed by atoms with van der Waals surface area (Å²) in [6, 6.07) is 8.50. The molecule has 2 rings (SSSR count). The van der Waals surface area contributed by atoms with E-state index in [1.807, 2.05) is 0 Å². The minimum Gasteiger partial charge on any atom is -0.463 e. The Labute approximate surface area is 151 Å². The molecule has 1 heterocycles. The maximum absolute atomic E-state index is 12.5. The fraction of sp³-hybridized carbons (Fsp3) is 0.211. The Morgan fingerprint density at radius 2 is 1.85 bits per heavy atom. The number of amides is 2. The van der Waals surface area contributed by atoms with Gasteiger partial charge in [0.25, 0.3) is 5.91 Å². The van der Waals surface area contributed by atoms with E-state index in [9.17, 15) is 14.4 Å². The Kier molecular flexibility index (Phi) is 6.32. The Morgan fingerprint density at radius 1 is 1.15 bits per heavy atom. The standard InChI is InChI=1S/C19H20N2O5/c1-4-17(22)20-10-13-7-5-6-8-15(13)18(23)21-11-14-9-16(19(24)25-3)26-12(14)2/h4-9H,1,10-11H2,2-3H3,(H,20,22)(H,21,23). The lowest BCUT2D eigenvalue weighted by Crippen LogP contribution is -2.26. The summed E-state index contributed by atoms with van der Waals surface area (Å²) < 4.78 is 9.93. The maximum atomic E-state index is 12.5. The van der Waals surface area contributed by atoms with Crippen molar-refractivity contribution in [2.75, 3.05) is 7.11 Å². The molecule has 0 spiro atoms. The van der Waals surface area contributed by atoms with Gasteiger partial charge in [-0.2, -0.15) is 0 Å². The highest BCUT2D eigenvalue weighted by Crippen LogP contribution is 2.16. The van der Waals surface area contributed by atoms with Gasteiger partial charge in [0.05, 0.1) is 7.11 Å². The van der Waals surface area contributed by atoms with Crippen LogP contribution in [0, 0.1) is 6.92 Å². The molecule has 0 bridgehead atoms. The molecule has 0 unspecified atom stereocenters. The van der Waals surface area contributed by atoms with E-state index in [1.165, 1.54) is 19.3 Å². The Hall–Kier alpha value is -3.35. The SMILES string of the molecule is C=CC(=O)NCc1ccccc1C(=O)NCc1cc(C(=O)OC)oc1C. The molecule has 0 atom stereocenters. The normalized spacial score (nSPS) is 10.1. The van der Waals surface area contributed by atoms with E-state index in [4.69, 9.17) is 4.42 Å². The van der Waals surface area contributed by atoms with Crippen LogP contribution in [0.2, 0.25) is 0 Å². The van der Waals surface area contributed by atoms with Gasteiger partial charge in [0, 0.05) is 24.2 Å². The molecule has 136 valence electrons. The number of hydrogen-bond acceptors (Lipinski definition) is 5. The zero-order valence-electron chi connectivity index (χ0n) is 14.6. The van der Waals surface area contributed by atoms with Crippen LogP contribution in [0.1, 0.15) is 37.8 Å². The molecule has 0 saturated carbocycles. The second-order valence-electron chi connectivity index (χ2n) is 5.45. The van der Waals surface area contributed by atoms with Crippen molar-refractivity contribution >= 4 is 17.8 Å². The highest BCUT2D eigenvalue weighted by molar-refractivity contribution is 5.96. The summed E-state index contributed by atoms with van der Waals surface area (Å²) in [6.45, 7) is 5.50. The molecule has 0 fully saturated rings.